The third-order valence-corrected chi connectivity index (χ3v) is 4.12. The van der Waals surface area contributed by atoms with Crippen LogP contribution in [0.4, 0.5) is 41.1 Å². The molecule has 31 heavy (non-hydrogen) atoms. The van der Waals surface area contributed by atoms with Crippen LogP contribution in [0.1, 0.15) is 6.92 Å². The van der Waals surface area contributed by atoms with Gasteiger partial charge in [0.25, 0.3) is 0 Å². The van der Waals surface area contributed by atoms with Gasteiger partial charge >= 0.3 is 6.03 Å². The lowest BCUT2D eigenvalue weighted by molar-refractivity contribution is 0.190. The van der Waals surface area contributed by atoms with Crippen LogP contribution >= 0.6 is 0 Å². The van der Waals surface area contributed by atoms with Crippen molar-refractivity contribution in [2.75, 3.05) is 29.3 Å². The molecular formula is C21H20F3N5O2. The number of ether oxygens (including phenoxy) is 1. The minimum Gasteiger partial charge on any atom is -0.383 e. The van der Waals surface area contributed by atoms with E-state index in [9.17, 15) is 18.0 Å². The highest BCUT2D eigenvalue weighted by Crippen LogP contribution is 2.26. The van der Waals surface area contributed by atoms with E-state index in [2.05, 4.69) is 20.6 Å². The van der Waals surface area contributed by atoms with Gasteiger partial charge in [-0.2, -0.15) is 4.98 Å². The molecule has 0 bridgehead atoms. The predicted octanol–water partition coefficient (Wildman–Crippen LogP) is 4.71. The van der Waals surface area contributed by atoms with E-state index in [0.717, 1.165) is 23.1 Å². The number of halogens is 3. The van der Waals surface area contributed by atoms with Crippen molar-refractivity contribution in [3.8, 4) is 0 Å². The Labute approximate surface area is 176 Å². The van der Waals surface area contributed by atoms with Crippen LogP contribution in [0.25, 0.3) is 0 Å². The molecule has 3 aromatic rings. The number of anilines is 4. The van der Waals surface area contributed by atoms with Crippen LogP contribution < -0.4 is 15.5 Å². The minimum atomic E-state index is -0.828. The van der Waals surface area contributed by atoms with Gasteiger partial charge in [-0.25, -0.2) is 27.8 Å². The van der Waals surface area contributed by atoms with Crippen LogP contribution in [0.15, 0.2) is 54.7 Å². The van der Waals surface area contributed by atoms with Gasteiger partial charge in [0.1, 0.15) is 23.3 Å². The number of aromatic nitrogens is 2. The number of carbonyl (C=O) groups excluding carboxylic acids is 1. The van der Waals surface area contributed by atoms with Gasteiger partial charge in [0, 0.05) is 31.5 Å². The lowest BCUT2D eigenvalue weighted by Crippen LogP contribution is -2.32. The molecule has 1 aromatic heterocycles. The second-order valence-corrected chi connectivity index (χ2v) is 6.61. The molecule has 0 aliphatic heterocycles. The fraction of sp³-hybridized carbons (Fsp3) is 0.190. The van der Waals surface area contributed by atoms with E-state index >= 15 is 0 Å². The van der Waals surface area contributed by atoms with Crippen molar-refractivity contribution in [1.29, 1.82) is 0 Å². The summed E-state index contributed by atoms with van der Waals surface area (Å²) < 4.78 is 46.0. The van der Waals surface area contributed by atoms with Gasteiger partial charge in [-0.15, -0.1) is 0 Å². The first-order valence-corrected chi connectivity index (χ1v) is 9.27. The number of rotatable bonds is 7. The summed E-state index contributed by atoms with van der Waals surface area (Å²) in [5, 5.41) is 5.35. The highest BCUT2D eigenvalue weighted by atomic mass is 19.1. The molecule has 1 heterocycles. The quantitative estimate of drug-likeness (QED) is 0.566. The fourth-order valence-corrected chi connectivity index (χ4v) is 2.76. The molecule has 2 amide bonds. The normalized spacial score (nSPS) is 11.6. The van der Waals surface area contributed by atoms with Crippen LogP contribution in [0, 0.1) is 17.5 Å². The second-order valence-electron chi connectivity index (χ2n) is 6.61. The van der Waals surface area contributed by atoms with Gasteiger partial charge in [0.15, 0.2) is 0 Å². The first-order valence-electron chi connectivity index (χ1n) is 9.27. The van der Waals surface area contributed by atoms with Crippen molar-refractivity contribution in [3.05, 3.63) is 72.2 Å². The zero-order chi connectivity index (χ0) is 22.4. The van der Waals surface area contributed by atoms with Crippen LogP contribution in [-0.2, 0) is 4.74 Å². The standard InChI is InChI=1S/C21H20F3N5O2/c1-13(12-31-2)26-20-25-10-9-19(28-20)29(16-6-3-14(22)4-7-16)21(30)27-18-11-15(23)5-8-17(18)24/h3-11,13H,12H2,1-2H3,(H,27,30)(H,25,26,28)/t13-/m0/s1. The molecule has 0 saturated heterocycles. The zero-order valence-corrected chi connectivity index (χ0v) is 16.8. The maximum Gasteiger partial charge on any atom is 0.332 e. The Morgan fingerprint density at radius 2 is 1.81 bits per heavy atom. The summed E-state index contributed by atoms with van der Waals surface area (Å²) in [5.41, 5.74) is -0.0939. The van der Waals surface area contributed by atoms with E-state index in [4.69, 9.17) is 4.74 Å². The summed E-state index contributed by atoms with van der Waals surface area (Å²) in [6.07, 6.45) is 1.43. The van der Waals surface area contributed by atoms with Gasteiger partial charge in [0.05, 0.1) is 18.0 Å². The summed E-state index contributed by atoms with van der Waals surface area (Å²) in [4.78, 5) is 22.6. The number of amides is 2. The predicted molar refractivity (Wildman–Crippen MR) is 111 cm³/mol. The number of carbonyl (C=O) groups is 1. The Morgan fingerprint density at radius 1 is 1.10 bits per heavy atom. The molecular weight excluding hydrogens is 411 g/mol. The number of hydrogen-bond donors (Lipinski definition) is 2. The lowest BCUT2D eigenvalue weighted by atomic mass is 10.2. The molecule has 3 rings (SSSR count). The smallest absolute Gasteiger partial charge is 0.332 e. The molecule has 0 radical (unpaired) electrons. The van der Waals surface area contributed by atoms with Gasteiger partial charge in [0.2, 0.25) is 5.95 Å². The molecule has 0 unspecified atom stereocenters. The van der Waals surface area contributed by atoms with Crippen molar-refractivity contribution in [3.63, 3.8) is 0 Å². The highest BCUT2D eigenvalue weighted by molar-refractivity contribution is 6.06. The van der Waals surface area contributed by atoms with Gasteiger partial charge in [-0.1, -0.05) is 0 Å². The van der Waals surface area contributed by atoms with E-state index in [1.54, 1.807) is 7.11 Å². The molecule has 0 spiro atoms. The SMILES string of the molecule is COC[C@H](C)Nc1nccc(N(C(=O)Nc2cc(F)ccc2F)c2ccc(F)cc2)n1. The number of hydrogen-bond acceptors (Lipinski definition) is 5. The highest BCUT2D eigenvalue weighted by Gasteiger charge is 2.22. The Hall–Kier alpha value is -3.66. The minimum absolute atomic E-state index is 0.116. The molecule has 0 aliphatic carbocycles. The molecule has 0 saturated carbocycles. The largest absolute Gasteiger partial charge is 0.383 e. The Kier molecular flexibility index (Phi) is 7.03. The topological polar surface area (TPSA) is 79.4 Å². The third kappa shape index (κ3) is 5.70. The van der Waals surface area contributed by atoms with E-state index < -0.39 is 23.5 Å². The average molecular weight is 431 g/mol. The van der Waals surface area contributed by atoms with Crippen LogP contribution in [0.3, 0.4) is 0 Å². The number of nitrogens with zero attached hydrogens (tertiary/aromatic N) is 3. The maximum absolute atomic E-state index is 14.0. The molecule has 1 atom stereocenters. The van der Waals surface area contributed by atoms with Gasteiger partial charge in [-0.05, 0) is 43.3 Å². The fourth-order valence-electron chi connectivity index (χ4n) is 2.76. The Balaban J connectivity index is 1.96. The van der Waals surface area contributed by atoms with E-state index in [0.29, 0.717) is 6.61 Å². The molecule has 2 N–H and O–H groups in total. The molecule has 162 valence electrons. The monoisotopic (exact) mass is 431 g/mol. The Bertz CT molecular complexity index is 1050. The molecule has 2 aromatic carbocycles. The number of benzene rings is 2. The van der Waals surface area contributed by atoms with E-state index in [1.807, 2.05) is 6.92 Å². The van der Waals surface area contributed by atoms with Crippen LogP contribution in [-0.4, -0.2) is 35.8 Å². The summed E-state index contributed by atoms with van der Waals surface area (Å²) in [6.45, 7) is 2.26. The van der Waals surface area contributed by atoms with Crippen LogP contribution in [0.2, 0.25) is 0 Å². The first kappa shape index (κ1) is 22.0. The number of urea groups is 1. The average Bonchev–Trinajstić information content (AvgIpc) is 2.73. The molecule has 0 fully saturated rings. The summed E-state index contributed by atoms with van der Waals surface area (Å²) in [5.74, 6) is -1.68. The van der Waals surface area contributed by atoms with Crippen molar-refractivity contribution in [2.45, 2.75) is 13.0 Å². The van der Waals surface area contributed by atoms with E-state index in [-0.39, 0.29) is 29.2 Å². The van der Waals surface area contributed by atoms with E-state index in [1.165, 1.54) is 36.5 Å². The van der Waals surface area contributed by atoms with Crippen molar-refractivity contribution in [2.24, 2.45) is 0 Å². The number of nitrogens with one attached hydrogen (secondary N) is 2. The third-order valence-electron chi connectivity index (χ3n) is 4.12. The lowest BCUT2D eigenvalue weighted by Gasteiger charge is -2.23. The summed E-state index contributed by atoms with van der Waals surface area (Å²) in [6, 6.07) is 8.26. The van der Waals surface area contributed by atoms with Crippen molar-refractivity contribution < 1.29 is 22.7 Å². The summed E-state index contributed by atoms with van der Waals surface area (Å²) in [7, 11) is 1.56. The maximum atomic E-state index is 14.0. The van der Waals surface area contributed by atoms with Crippen molar-refractivity contribution in [1.82, 2.24) is 9.97 Å². The first-order chi connectivity index (χ1) is 14.9. The molecule has 0 aliphatic rings. The van der Waals surface area contributed by atoms with Gasteiger partial charge in [-0.3, -0.25) is 0 Å². The Morgan fingerprint density at radius 3 is 2.52 bits per heavy atom. The summed E-state index contributed by atoms with van der Waals surface area (Å²) >= 11 is 0. The molecule has 10 heteroatoms. The molecule has 7 nitrogen and oxygen atoms in total. The number of methoxy groups -OCH3 is 1. The second kappa shape index (κ2) is 9.90. The van der Waals surface area contributed by atoms with Crippen molar-refractivity contribution >= 4 is 29.2 Å². The zero-order valence-electron chi connectivity index (χ0n) is 16.8. The van der Waals surface area contributed by atoms with Crippen LogP contribution in [0.5, 0.6) is 0 Å². The van der Waals surface area contributed by atoms with Gasteiger partial charge < -0.3 is 15.4 Å².